The Morgan fingerprint density at radius 3 is 3.12 bits per heavy atom. The summed E-state index contributed by atoms with van der Waals surface area (Å²) in [5.41, 5.74) is 2.03. The zero-order chi connectivity index (χ0) is 11.7. The molecule has 0 aliphatic carbocycles. The van der Waals surface area contributed by atoms with E-state index in [1.807, 2.05) is 24.3 Å². The monoisotopic (exact) mass is 228 g/mol. The molecule has 1 aliphatic heterocycles. The molecule has 1 saturated heterocycles. The summed E-state index contributed by atoms with van der Waals surface area (Å²) in [4.78, 5) is 14.7. The fraction of sp³-hybridized carbons (Fsp3) is 0.385. The Kier molecular flexibility index (Phi) is 2.55. The number of fused-ring (bicyclic) bond motifs is 1. The molecule has 4 nitrogen and oxygen atoms in total. The molecule has 3 rings (SSSR count). The number of H-pyrrole nitrogens is 1. The first-order valence-electron chi connectivity index (χ1n) is 6.14. The van der Waals surface area contributed by atoms with Crippen LogP contribution in [0.2, 0.25) is 0 Å². The van der Waals surface area contributed by atoms with Gasteiger partial charge in [0.1, 0.15) is 5.84 Å². The van der Waals surface area contributed by atoms with Crippen LogP contribution >= 0.6 is 0 Å². The fourth-order valence-electron chi connectivity index (χ4n) is 2.30. The SMILES string of the molecule is CCN1CCCC1=Nc1nc2ccccc2[nH]1. The van der Waals surface area contributed by atoms with Crippen molar-refractivity contribution in [2.24, 2.45) is 4.99 Å². The van der Waals surface area contributed by atoms with E-state index >= 15 is 0 Å². The van der Waals surface area contributed by atoms with Crippen molar-refractivity contribution in [3.63, 3.8) is 0 Å². The number of hydrogen-bond donors (Lipinski definition) is 1. The number of hydrogen-bond acceptors (Lipinski definition) is 2. The van der Waals surface area contributed by atoms with Gasteiger partial charge in [-0.05, 0) is 25.5 Å². The summed E-state index contributed by atoms with van der Waals surface area (Å²) in [6, 6.07) is 8.03. The van der Waals surface area contributed by atoms with Crippen molar-refractivity contribution < 1.29 is 0 Å². The molecule has 0 saturated carbocycles. The third kappa shape index (κ3) is 1.90. The van der Waals surface area contributed by atoms with E-state index in [0.29, 0.717) is 0 Å². The highest BCUT2D eigenvalue weighted by Gasteiger charge is 2.17. The van der Waals surface area contributed by atoms with Crippen molar-refractivity contribution in [2.45, 2.75) is 19.8 Å². The van der Waals surface area contributed by atoms with Crippen molar-refractivity contribution in [2.75, 3.05) is 13.1 Å². The molecule has 0 atom stereocenters. The number of nitrogens with one attached hydrogen (secondary N) is 1. The Morgan fingerprint density at radius 1 is 1.41 bits per heavy atom. The number of nitrogens with zero attached hydrogens (tertiary/aromatic N) is 3. The van der Waals surface area contributed by atoms with E-state index < -0.39 is 0 Å². The highest BCUT2D eigenvalue weighted by molar-refractivity contribution is 5.87. The van der Waals surface area contributed by atoms with Gasteiger partial charge in [0.2, 0.25) is 5.95 Å². The Labute approximate surface area is 100 Å². The number of aromatic nitrogens is 2. The summed E-state index contributed by atoms with van der Waals surface area (Å²) >= 11 is 0. The highest BCUT2D eigenvalue weighted by atomic mass is 15.2. The molecule has 1 aromatic heterocycles. The number of rotatable bonds is 2. The van der Waals surface area contributed by atoms with Crippen LogP contribution in [0.4, 0.5) is 5.95 Å². The van der Waals surface area contributed by atoms with E-state index in [0.717, 1.165) is 42.3 Å². The van der Waals surface area contributed by atoms with Crippen molar-refractivity contribution in [1.82, 2.24) is 14.9 Å². The predicted molar refractivity (Wildman–Crippen MR) is 69.7 cm³/mol. The van der Waals surface area contributed by atoms with E-state index in [9.17, 15) is 0 Å². The quantitative estimate of drug-likeness (QED) is 0.858. The van der Waals surface area contributed by atoms with Gasteiger partial charge >= 0.3 is 0 Å². The summed E-state index contributed by atoms with van der Waals surface area (Å²) in [6.07, 6.45) is 2.26. The lowest BCUT2D eigenvalue weighted by Gasteiger charge is -2.14. The lowest BCUT2D eigenvalue weighted by atomic mass is 10.3. The predicted octanol–water partition coefficient (Wildman–Crippen LogP) is 2.71. The molecule has 0 bridgehead atoms. The fourth-order valence-corrected chi connectivity index (χ4v) is 2.30. The van der Waals surface area contributed by atoms with Crippen molar-refractivity contribution in [3.05, 3.63) is 24.3 Å². The summed E-state index contributed by atoms with van der Waals surface area (Å²) < 4.78 is 0. The van der Waals surface area contributed by atoms with Gasteiger partial charge in [-0.15, -0.1) is 0 Å². The number of amidine groups is 1. The Balaban J connectivity index is 1.96. The summed E-state index contributed by atoms with van der Waals surface area (Å²) in [5, 5.41) is 0. The van der Waals surface area contributed by atoms with E-state index in [2.05, 4.69) is 26.8 Å². The molecule has 1 N–H and O–H groups in total. The maximum Gasteiger partial charge on any atom is 0.229 e. The van der Waals surface area contributed by atoms with Crippen LogP contribution in [0.1, 0.15) is 19.8 Å². The molecule has 1 aromatic carbocycles. The van der Waals surface area contributed by atoms with Crippen LogP contribution in [-0.2, 0) is 0 Å². The van der Waals surface area contributed by atoms with Crippen molar-refractivity contribution >= 4 is 22.8 Å². The van der Waals surface area contributed by atoms with Gasteiger partial charge in [-0.3, -0.25) is 0 Å². The zero-order valence-corrected chi connectivity index (χ0v) is 9.98. The second kappa shape index (κ2) is 4.20. The van der Waals surface area contributed by atoms with E-state index in [4.69, 9.17) is 0 Å². The number of benzene rings is 1. The number of aliphatic imine (C=N–C) groups is 1. The first-order chi connectivity index (χ1) is 8.36. The first-order valence-corrected chi connectivity index (χ1v) is 6.14. The van der Waals surface area contributed by atoms with Crippen LogP contribution in [-0.4, -0.2) is 33.8 Å². The van der Waals surface area contributed by atoms with Crippen LogP contribution in [0.15, 0.2) is 29.3 Å². The van der Waals surface area contributed by atoms with Crippen LogP contribution in [0.5, 0.6) is 0 Å². The molecule has 0 amide bonds. The first kappa shape index (κ1) is 10.3. The van der Waals surface area contributed by atoms with Crippen molar-refractivity contribution in [1.29, 1.82) is 0 Å². The average molecular weight is 228 g/mol. The molecule has 1 fully saturated rings. The summed E-state index contributed by atoms with van der Waals surface area (Å²) in [6.45, 7) is 4.31. The normalized spacial score (nSPS) is 18.4. The van der Waals surface area contributed by atoms with Gasteiger partial charge in [-0.25, -0.2) is 4.98 Å². The minimum absolute atomic E-state index is 0.724. The average Bonchev–Trinajstić information content (AvgIpc) is 2.94. The van der Waals surface area contributed by atoms with Crippen LogP contribution in [0.3, 0.4) is 0 Å². The molecule has 88 valence electrons. The smallest absolute Gasteiger partial charge is 0.229 e. The molecule has 17 heavy (non-hydrogen) atoms. The summed E-state index contributed by atoms with van der Waals surface area (Å²) in [7, 11) is 0. The third-order valence-electron chi connectivity index (χ3n) is 3.19. The van der Waals surface area contributed by atoms with Crippen molar-refractivity contribution in [3.8, 4) is 0 Å². The second-order valence-corrected chi connectivity index (χ2v) is 4.29. The van der Waals surface area contributed by atoms with E-state index in [-0.39, 0.29) is 0 Å². The molecular formula is C13H16N4. The number of likely N-dealkylation sites (tertiary alicyclic amines) is 1. The molecular weight excluding hydrogens is 212 g/mol. The largest absolute Gasteiger partial charge is 0.360 e. The van der Waals surface area contributed by atoms with Crippen LogP contribution in [0.25, 0.3) is 11.0 Å². The second-order valence-electron chi connectivity index (χ2n) is 4.29. The standard InChI is InChI=1S/C13H16N4/c1-2-17-9-5-8-12(17)16-13-14-10-6-3-4-7-11(10)15-13/h3-4,6-7H,2,5,8-9H2,1H3,(H,14,15). The van der Waals surface area contributed by atoms with E-state index in [1.54, 1.807) is 0 Å². The van der Waals surface area contributed by atoms with Crippen LogP contribution in [0, 0.1) is 0 Å². The molecule has 1 aliphatic rings. The lowest BCUT2D eigenvalue weighted by Crippen LogP contribution is -2.23. The number of para-hydroxylation sites is 2. The van der Waals surface area contributed by atoms with Gasteiger partial charge in [-0.2, -0.15) is 4.99 Å². The Bertz CT molecular complexity index is 522. The number of imidazole rings is 1. The van der Waals surface area contributed by atoms with Gasteiger partial charge in [0.05, 0.1) is 11.0 Å². The van der Waals surface area contributed by atoms with Gasteiger partial charge in [-0.1, -0.05) is 12.1 Å². The zero-order valence-electron chi connectivity index (χ0n) is 9.98. The number of aromatic amines is 1. The molecule has 2 aromatic rings. The van der Waals surface area contributed by atoms with Gasteiger partial charge in [0.15, 0.2) is 0 Å². The summed E-state index contributed by atoms with van der Waals surface area (Å²) in [5.74, 6) is 1.88. The van der Waals surface area contributed by atoms with E-state index in [1.165, 1.54) is 6.42 Å². The minimum atomic E-state index is 0.724. The molecule has 4 heteroatoms. The van der Waals surface area contributed by atoms with Gasteiger partial charge in [0.25, 0.3) is 0 Å². The topological polar surface area (TPSA) is 44.3 Å². The molecule has 0 spiro atoms. The molecule has 2 heterocycles. The van der Waals surface area contributed by atoms with Gasteiger partial charge < -0.3 is 9.88 Å². The molecule has 0 radical (unpaired) electrons. The Morgan fingerprint density at radius 2 is 2.29 bits per heavy atom. The minimum Gasteiger partial charge on any atom is -0.360 e. The third-order valence-corrected chi connectivity index (χ3v) is 3.19. The molecule has 0 unspecified atom stereocenters. The van der Waals surface area contributed by atoms with Crippen LogP contribution < -0.4 is 0 Å². The maximum atomic E-state index is 4.62. The highest BCUT2D eigenvalue weighted by Crippen LogP contribution is 2.19. The lowest BCUT2D eigenvalue weighted by molar-refractivity contribution is 0.479. The maximum absolute atomic E-state index is 4.62. The van der Waals surface area contributed by atoms with Gasteiger partial charge in [0, 0.05) is 19.5 Å². The Hall–Kier alpha value is -1.84.